The Kier molecular flexibility index (Phi) is 12.5. The van der Waals surface area contributed by atoms with Gasteiger partial charge in [0.25, 0.3) is 0 Å². The van der Waals surface area contributed by atoms with Gasteiger partial charge in [0.2, 0.25) is 10.0 Å². The lowest BCUT2D eigenvalue weighted by atomic mass is 10.1. The molecule has 0 N–H and O–H groups in total. The maximum atomic E-state index is 12.7. The fourth-order valence-electron chi connectivity index (χ4n) is 2.43. The van der Waals surface area contributed by atoms with Crippen LogP contribution in [0.1, 0.15) is 85.0 Å². The lowest BCUT2D eigenvalue weighted by Gasteiger charge is -2.24. The monoisotopic (exact) mass is 330 g/mol. The molecule has 0 saturated carbocycles. The molecular weight excluding hydrogens is 296 g/mol. The molecule has 0 aliphatic rings. The summed E-state index contributed by atoms with van der Waals surface area (Å²) in [4.78, 5) is 0. The first-order valence-electron chi connectivity index (χ1n) is 8.93. The molecule has 0 radical (unpaired) electrons. The molecule has 4 nitrogen and oxygen atoms in total. The van der Waals surface area contributed by atoms with E-state index in [1.807, 2.05) is 6.07 Å². The Labute approximate surface area is 137 Å². The summed E-state index contributed by atoms with van der Waals surface area (Å²) in [6.45, 7) is 7.36. The molecule has 1 atom stereocenters. The molecule has 0 aliphatic carbocycles. The van der Waals surface area contributed by atoms with Crippen LogP contribution in [0, 0.1) is 11.3 Å². The molecule has 5 heteroatoms. The largest absolute Gasteiger partial charge is 0.230 e. The predicted octanol–water partition coefficient (Wildman–Crippen LogP) is 4.47. The quantitative estimate of drug-likeness (QED) is 0.441. The zero-order valence-electron chi connectivity index (χ0n) is 14.7. The predicted molar refractivity (Wildman–Crippen MR) is 93.1 cm³/mol. The van der Waals surface area contributed by atoms with Gasteiger partial charge >= 0.3 is 0 Å². The highest BCUT2D eigenvalue weighted by Crippen LogP contribution is 2.18. The van der Waals surface area contributed by atoms with Crippen LogP contribution < -0.4 is 0 Å². The van der Waals surface area contributed by atoms with E-state index in [9.17, 15) is 13.7 Å². The Morgan fingerprint density at radius 2 is 1.36 bits per heavy atom. The summed E-state index contributed by atoms with van der Waals surface area (Å²) in [5.74, 6) is 0. The zero-order valence-corrected chi connectivity index (χ0v) is 15.5. The van der Waals surface area contributed by atoms with Crippen LogP contribution in [-0.4, -0.2) is 31.1 Å². The third kappa shape index (κ3) is 8.14. The highest BCUT2D eigenvalue weighted by Gasteiger charge is 2.30. The Hall–Kier alpha value is -0.600. The van der Waals surface area contributed by atoms with Crippen LogP contribution in [0.3, 0.4) is 0 Å². The second kappa shape index (κ2) is 12.9. The maximum Gasteiger partial charge on any atom is 0.230 e. The summed E-state index contributed by atoms with van der Waals surface area (Å²) in [7, 11) is -3.48. The van der Waals surface area contributed by atoms with E-state index in [-0.39, 0.29) is 0 Å². The van der Waals surface area contributed by atoms with E-state index in [2.05, 4.69) is 20.8 Å². The van der Waals surface area contributed by atoms with Crippen LogP contribution in [0.4, 0.5) is 0 Å². The van der Waals surface area contributed by atoms with Crippen LogP contribution in [0.5, 0.6) is 0 Å². The normalized spacial score (nSPS) is 13.2. The van der Waals surface area contributed by atoms with Crippen molar-refractivity contribution in [2.24, 2.45) is 0 Å². The summed E-state index contributed by atoms with van der Waals surface area (Å²) < 4.78 is 26.9. The van der Waals surface area contributed by atoms with Crippen LogP contribution in [0.15, 0.2) is 0 Å². The zero-order chi connectivity index (χ0) is 16.8. The third-order valence-electron chi connectivity index (χ3n) is 3.96. The first-order valence-corrected chi connectivity index (χ1v) is 10.4. The lowest BCUT2D eigenvalue weighted by molar-refractivity contribution is 0.390. The Morgan fingerprint density at radius 3 is 1.82 bits per heavy atom. The van der Waals surface area contributed by atoms with Crippen LogP contribution >= 0.6 is 0 Å². The Morgan fingerprint density at radius 1 is 0.864 bits per heavy atom. The molecule has 0 aromatic rings. The highest BCUT2D eigenvalue weighted by molar-refractivity contribution is 7.90. The highest BCUT2D eigenvalue weighted by atomic mass is 32.2. The summed E-state index contributed by atoms with van der Waals surface area (Å²) in [5.41, 5.74) is 0. The van der Waals surface area contributed by atoms with Crippen molar-refractivity contribution in [3.63, 3.8) is 0 Å². The molecular formula is C17H34N2O2S. The van der Waals surface area contributed by atoms with Crippen molar-refractivity contribution in [2.45, 2.75) is 90.2 Å². The SMILES string of the molecule is CCCCCCCC(C#N)S(=O)(=O)N(CCCC)CCCC. The van der Waals surface area contributed by atoms with Gasteiger partial charge in [-0.2, -0.15) is 5.26 Å². The summed E-state index contributed by atoms with van der Waals surface area (Å²) in [5, 5.41) is 8.44. The second-order valence-corrected chi connectivity index (χ2v) is 8.09. The molecule has 0 saturated heterocycles. The lowest BCUT2D eigenvalue weighted by Crippen LogP contribution is -2.39. The first kappa shape index (κ1) is 21.4. The second-order valence-electron chi connectivity index (χ2n) is 5.97. The van der Waals surface area contributed by atoms with Crippen molar-refractivity contribution in [3.8, 4) is 6.07 Å². The average Bonchev–Trinajstić information content (AvgIpc) is 2.50. The molecule has 22 heavy (non-hydrogen) atoms. The minimum Gasteiger partial charge on any atom is -0.211 e. The fourth-order valence-corrected chi connectivity index (χ4v) is 4.15. The van der Waals surface area contributed by atoms with E-state index in [0.717, 1.165) is 44.9 Å². The van der Waals surface area contributed by atoms with Crippen LogP contribution in [0.25, 0.3) is 0 Å². The van der Waals surface area contributed by atoms with Gasteiger partial charge in [0.15, 0.2) is 5.25 Å². The molecule has 0 rings (SSSR count). The average molecular weight is 331 g/mol. The van der Waals surface area contributed by atoms with Gasteiger partial charge in [-0.25, -0.2) is 12.7 Å². The molecule has 0 amide bonds. The Bertz CT molecular complexity index is 393. The molecule has 0 spiro atoms. The van der Waals surface area contributed by atoms with Crippen molar-refractivity contribution >= 4 is 10.0 Å². The molecule has 1 unspecified atom stereocenters. The first-order chi connectivity index (χ1) is 10.5. The molecule has 130 valence electrons. The van der Waals surface area contributed by atoms with E-state index >= 15 is 0 Å². The van der Waals surface area contributed by atoms with E-state index in [1.54, 1.807) is 4.31 Å². The number of unbranched alkanes of at least 4 members (excludes halogenated alkanes) is 6. The van der Waals surface area contributed by atoms with Crippen molar-refractivity contribution in [1.82, 2.24) is 4.31 Å². The van der Waals surface area contributed by atoms with Gasteiger partial charge in [-0.3, -0.25) is 0 Å². The maximum absolute atomic E-state index is 12.7. The van der Waals surface area contributed by atoms with Crippen LogP contribution in [0.2, 0.25) is 0 Å². The van der Waals surface area contributed by atoms with Gasteiger partial charge in [0, 0.05) is 13.1 Å². The van der Waals surface area contributed by atoms with Crippen molar-refractivity contribution in [3.05, 3.63) is 0 Å². The van der Waals surface area contributed by atoms with E-state index in [4.69, 9.17) is 0 Å². The number of rotatable bonds is 14. The van der Waals surface area contributed by atoms with Gasteiger partial charge in [-0.05, 0) is 19.3 Å². The minimum absolute atomic E-state index is 0.470. The van der Waals surface area contributed by atoms with Gasteiger partial charge in [-0.1, -0.05) is 65.7 Å². The van der Waals surface area contributed by atoms with Crippen molar-refractivity contribution < 1.29 is 8.42 Å². The minimum atomic E-state index is -3.48. The van der Waals surface area contributed by atoms with E-state index < -0.39 is 15.3 Å². The standard InChI is InChI=1S/C17H34N2O2S/c1-4-7-10-11-12-13-17(16-18)22(20,21)19(14-8-5-2)15-9-6-3/h17H,4-15H2,1-3H3. The van der Waals surface area contributed by atoms with E-state index in [0.29, 0.717) is 19.5 Å². The number of nitriles is 1. The topological polar surface area (TPSA) is 61.2 Å². The molecule has 0 aromatic heterocycles. The molecule has 0 heterocycles. The summed E-state index contributed by atoms with van der Waals surface area (Å²) >= 11 is 0. The Balaban J connectivity index is 4.66. The molecule has 0 fully saturated rings. The van der Waals surface area contributed by atoms with Crippen molar-refractivity contribution in [2.75, 3.05) is 13.1 Å². The van der Waals surface area contributed by atoms with Crippen LogP contribution in [-0.2, 0) is 10.0 Å². The summed E-state index contributed by atoms with van der Waals surface area (Å²) in [6, 6.07) is 2.04. The molecule has 0 bridgehead atoms. The van der Waals surface area contributed by atoms with E-state index in [1.165, 1.54) is 12.8 Å². The number of hydrogen-bond donors (Lipinski definition) is 0. The molecule has 0 aliphatic heterocycles. The number of sulfonamides is 1. The summed E-state index contributed by atoms with van der Waals surface area (Å²) in [6.07, 6.45) is 9.44. The fraction of sp³-hybridized carbons (Fsp3) is 0.941. The van der Waals surface area contributed by atoms with Gasteiger partial charge in [0.05, 0.1) is 6.07 Å². The van der Waals surface area contributed by atoms with Gasteiger partial charge in [-0.15, -0.1) is 0 Å². The smallest absolute Gasteiger partial charge is 0.211 e. The van der Waals surface area contributed by atoms with Gasteiger partial charge < -0.3 is 0 Å². The number of nitrogens with zero attached hydrogens (tertiary/aromatic N) is 2. The van der Waals surface area contributed by atoms with Gasteiger partial charge in [0.1, 0.15) is 0 Å². The third-order valence-corrected chi connectivity index (χ3v) is 6.10. The molecule has 0 aromatic carbocycles. The number of hydrogen-bond acceptors (Lipinski definition) is 3. The van der Waals surface area contributed by atoms with Crippen molar-refractivity contribution in [1.29, 1.82) is 5.26 Å².